The first-order valence-corrected chi connectivity index (χ1v) is 7.30. The molecule has 0 saturated carbocycles. The summed E-state index contributed by atoms with van der Waals surface area (Å²) in [7, 11) is 5.55. The van der Waals surface area contributed by atoms with Crippen LogP contribution in [-0.4, -0.2) is 45.3 Å². The minimum Gasteiger partial charge on any atom is -0.497 e. The molecule has 1 saturated heterocycles. The van der Waals surface area contributed by atoms with E-state index in [0.29, 0.717) is 6.04 Å². The molecule has 112 valence electrons. The van der Waals surface area contributed by atoms with Crippen LogP contribution in [0.2, 0.25) is 0 Å². The van der Waals surface area contributed by atoms with Gasteiger partial charge in [-0.1, -0.05) is 0 Å². The number of benzene rings is 1. The highest BCUT2D eigenvalue weighted by atomic mass is 16.5. The highest BCUT2D eigenvalue weighted by molar-refractivity contribution is 5.54. The van der Waals surface area contributed by atoms with Crippen LogP contribution >= 0.6 is 0 Å². The van der Waals surface area contributed by atoms with Crippen molar-refractivity contribution in [1.29, 1.82) is 0 Å². The fraction of sp³-hybridized carbons (Fsp3) is 0.625. The predicted octanol–water partition coefficient (Wildman–Crippen LogP) is 2.85. The van der Waals surface area contributed by atoms with Crippen molar-refractivity contribution in [1.82, 2.24) is 4.90 Å². The predicted molar refractivity (Wildman–Crippen MR) is 82.9 cm³/mol. The van der Waals surface area contributed by atoms with Gasteiger partial charge in [0, 0.05) is 29.9 Å². The Hall–Kier alpha value is -1.42. The van der Waals surface area contributed by atoms with Crippen LogP contribution in [-0.2, 0) is 0 Å². The van der Waals surface area contributed by atoms with Crippen molar-refractivity contribution in [3.8, 4) is 11.5 Å². The van der Waals surface area contributed by atoms with E-state index in [0.717, 1.165) is 23.1 Å². The third-order valence-corrected chi connectivity index (χ3v) is 4.22. The smallest absolute Gasteiger partial charge is 0.124 e. The highest BCUT2D eigenvalue weighted by Gasteiger charge is 2.22. The Morgan fingerprint density at radius 1 is 1.10 bits per heavy atom. The maximum absolute atomic E-state index is 5.31. The van der Waals surface area contributed by atoms with Gasteiger partial charge in [0.2, 0.25) is 0 Å². The minimum atomic E-state index is 0.459. The van der Waals surface area contributed by atoms with Crippen LogP contribution in [0, 0.1) is 5.92 Å². The SMILES string of the molecule is COc1cc(NC(C)C2CCN(C)CC2)cc(OC)c1. The summed E-state index contributed by atoms with van der Waals surface area (Å²) < 4.78 is 10.6. The van der Waals surface area contributed by atoms with Crippen molar-refractivity contribution in [3.63, 3.8) is 0 Å². The van der Waals surface area contributed by atoms with Crippen molar-refractivity contribution in [2.24, 2.45) is 5.92 Å². The fourth-order valence-electron chi connectivity index (χ4n) is 2.80. The molecule has 1 atom stereocenters. The molecule has 1 N–H and O–H groups in total. The van der Waals surface area contributed by atoms with Crippen LogP contribution in [0.5, 0.6) is 11.5 Å². The summed E-state index contributed by atoms with van der Waals surface area (Å²) >= 11 is 0. The molecule has 0 bridgehead atoms. The van der Waals surface area contributed by atoms with E-state index in [2.05, 4.69) is 24.2 Å². The Morgan fingerprint density at radius 2 is 1.65 bits per heavy atom. The number of anilines is 1. The molecule has 1 aromatic rings. The van der Waals surface area contributed by atoms with E-state index in [1.165, 1.54) is 25.9 Å². The second-order valence-electron chi connectivity index (χ2n) is 5.68. The van der Waals surface area contributed by atoms with Crippen molar-refractivity contribution in [2.45, 2.75) is 25.8 Å². The third kappa shape index (κ3) is 3.79. The molecule has 1 heterocycles. The van der Waals surface area contributed by atoms with Gasteiger partial charge < -0.3 is 19.7 Å². The number of nitrogens with zero attached hydrogens (tertiary/aromatic N) is 1. The van der Waals surface area contributed by atoms with E-state index in [1.54, 1.807) is 14.2 Å². The summed E-state index contributed by atoms with van der Waals surface area (Å²) in [6, 6.07) is 6.40. The Labute approximate surface area is 122 Å². The molecule has 1 aliphatic heterocycles. The Morgan fingerprint density at radius 3 is 2.15 bits per heavy atom. The van der Waals surface area contributed by atoms with E-state index >= 15 is 0 Å². The molecule has 1 unspecified atom stereocenters. The summed E-state index contributed by atoms with van der Waals surface area (Å²) in [6.07, 6.45) is 2.51. The molecular weight excluding hydrogens is 252 g/mol. The summed E-state index contributed by atoms with van der Waals surface area (Å²) in [6.45, 7) is 4.65. The van der Waals surface area contributed by atoms with Crippen LogP contribution < -0.4 is 14.8 Å². The van der Waals surface area contributed by atoms with Gasteiger partial charge in [0.25, 0.3) is 0 Å². The lowest BCUT2D eigenvalue weighted by molar-refractivity contribution is 0.208. The average molecular weight is 278 g/mol. The van der Waals surface area contributed by atoms with Gasteiger partial charge >= 0.3 is 0 Å². The number of nitrogens with one attached hydrogen (secondary N) is 1. The molecule has 1 fully saturated rings. The molecule has 0 amide bonds. The monoisotopic (exact) mass is 278 g/mol. The van der Waals surface area contributed by atoms with Crippen molar-refractivity contribution in [2.75, 3.05) is 39.7 Å². The molecule has 0 spiro atoms. The van der Waals surface area contributed by atoms with E-state index in [9.17, 15) is 0 Å². The summed E-state index contributed by atoms with van der Waals surface area (Å²) in [4.78, 5) is 2.40. The lowest BCUT2D eigenvalue weighted by Gasteiger charge is -2.33. The van der Waals surface area contributed by atoms with E-state index in [4.69, 9.17) is 9.47 Å². The van der Waals surface area contributed by atoms with E-state index < -0.39 is 0 Å². The maximum Gasteiger partial charge on any atom is 0.124 e. The van der Waals surface area contributed by atoms with Crippen molar-refractivity contribution >= 4 is 5.69 Å². The number of piperidine rings is 1. The first-order chi connectivity index (χ1) is 9.62. The van der Waals surface area contributed by atoms with Crippen molar-refractivity contribution in [3.05, 3.63) is 18.2 Å². The normalized spacial score (nSPS) is 18.6. The lowest BCUT2D eigenvalue weighted by atomic mass is 9.90. The topological polar surface area (TPSA) is 33.7 Å². The standard InChI is InChI=1S/C16H26N2O2/c1-12(13-5-7-18(2)8-6-13)17-14-9-15(19-3)11-16(10-14)20-4/h9-13,17H,5-8H2,1-4H3. The molecular formula is C16H26N2O2. The van der Waals surface area contributed by atoms with Crippen LogP contribution in [0.25, 0.3) is 0 Å². The van der Waals surface area contributed by atoms with Crippen LogP contribution in [0.3, 0.4) is 0 Å². The van der Waals surface area contributed by atoms with Crippen LogP contribution in [0.1, 0.15) is 19.8 Å². The number of rotatable bonds is 5. The van der Waals surface area contributed by atoms with E-state index in [1.807, 2.05) is 18.2 Å². The molecule has 0 aliphatic carbocycles. The summed E-state index contributed by atoms with van der Waals surface area (Å²) in [5.74, 6) is 2.37. The quantitative estimate of drug-likeness (QED) is 0.898. The Bertz CT molecular complexity index is 406. The third-order valence-electron chi connectivity index (χ3n) is 4.22. The largest absolute Gasteiger partial charge is 0.497 e. The minimum absolute atomic E-state index is 0.459. The van der Waals surface area contributed by atoms with Crippen LogP contribution in [0.4, 0.5) is 5.69 Å². The molecule has 4 nitrogen and oxygen atoms in total. The molecule has 20 heavy (non-hydrogen) atoms. The van der Waals surface area contributed by atoms with E-state index in [-0.39, 0.29) is 0 Å². The maximum atomic E-state index is 5.31. The van der Waals surface area contributed by atoms with Gasteiger partial charge in [-0.15, -0.1) is 0 Å². The molecule has 0 aromatic heterocycles. The zero-order valence-electron chi connectivity index (χ0n) is 13.0. The second kappa shape index (κ2) is 6.84. The highest BCUT2D eigenvalue weighted by Crippen LogP contribution is 2.28. The Kier molecular flexibility index (Phi) is 5.12. The van der Waals surface area contributed by atoms with Gasteiger partial charge in [-0.25, -0.2) is 0 Å². The number of methoxy groups -OCH3 is 2. The molecule has 1 aromatic carbocycles. The van der Waals surface area contributed by atoms with Gasteiger partial charge in [0.15, 0.2) is 0 Å². The molecule has 4 heteroatoms. The van der Waals surface area contributed by atoms with Crippen molar-refractivity contribution < 1.29 is 9.47 Å². The molecule has 1 aliphatic rings. The van der Waals surface area contributed by atoms with Gasteiger partial charge in [-0.2, -0.15) is 0 Å². The fourth-order valence-corrected chi connectivity index (χ4v) is 2.80. The average Bonchev–Trinajstić information content (AvgIpc) is 2.47. The lowest BCUT2D eigenvalue weighted by Crippen LogP contribution is -2.37. The molecule has 2 rings (SSSR count). The number of ether oxygens (including phenoxy) is 2. The molecule has 0 radical (unpaired) electrons. The van der Waals surface area contributed by atoms with Gasteiger partial charge in [0.1, 0.15) is 11.5 Å². The summed E-state index contributed by atoms with van der Waals surface area (Å²) in [5.41, 5.74) is 1.06. The zero-order chi connectivity index (χ0) is 14.5. The number of hydrogen-bond acceptors (Lipinski definition) is 4. The Balaban J connectivity index is 2.01. The first-order valence-electron chi connectivity index (χ1n) is 7.30. The zero-order valence-corrected chi connectivity index (χ0v) is 13.0. The number of hydrogen-bond donors (Lipinski definition) is 1. The van der Waals surface area contributed by atoms with Gasteiger partial charge in [-0.3, -0.25) is 0 Å². The van der Waals surface area contributed by atoms with Gasteiger partial charge in [-0.05, 0) is 45.8 Å². The number of likely N-dealkylation sites (tertiary alicyclic amines) is 1. The summed E-state index contributed by atoms with van der Waals surface area (Å²) in [5, 5.41) is 3.60. The first kappa shape index (κ1) is 15.0. The van der Waals surface area contributed by atoms with Crippen LogP contribution in [0.15, 0.2) is 18.2 Å². The second-order valence-corrected chi connectivity index (χ2v) is 5.68. The van der Waals surface area contributed by atoms with Gasteiger partial charge in [0.05, 0.1) is 14.2 Å².